The van der Waals surface area contributed by atoms with Crippen LogP contribution in [0, 0.1) is 0 Å². The van der Waals surface area contributed by atoms with Gasteiger partial charge in [-0.05, 0) is 142 Å². The van der Waals surface area contributed by atoms with Crippen LogP contribution >= 0.6 is 30.1 Å². The molecule has 0 fully saturated rings. The van der Waals surface area contributed by atoms with E-state index in [4.69, 9.17) is 19.0 Å². The van der Waals surface area contributed by atoms with Gasteiger partial charge < -0.3 is 8.83 Å². The van der Waals surface area contributed by atoms with Crippen molar-refractivity contribution in [1.82, 2.24) is 39.7 Å². The van der Waals surface area contributed by atoms with Crippen molar-refractivity contribution in [3.8, 4) is 54.2 Å². The van der Waals surface area contributed by atoms with Crippen LogP contribution in [0.2, 0.25) is 0 Å². The second kappa shape index (κ2) is 25.5. The first-order valence-corrected chi connectivity index (χ1v) is 41.8. The van der Waals surface area contributed by atoms with E-state index in [0.717, 1.165) is 31.8 Å². The predicted molar refractivity (Wildman–Crippen MR) is 443 cm³/mol. The Labute approximate surface area is 610 Å². The maximum Gasteiger partial charge on any atom is 0.264 e. The first kappa shape index (κ1) is 61.7. The second-order valence-electron chi connectivity index (χ2n) is 26.0. The van der Waals surface area contributed by atoms with Crippen LogP contribution in [0.15, 0.2) is 349 Å². The molecule has 23 rings (SSSR count). The van der Waals surface area contributed by atoms with Gasteiger partial charge in [-0.15, -0.1) is 20.4 Å². The molecule has 0 aliphatic rings. The van der Waals surface area contributed by atoms with Crippen LogP contribution in [-0.4, -0.2) is 54.2 Å². The zero-order valence-corrected chi connectivity index (χ0v) is 61.2. The zero-order chi connectivity index (χ0) is 69.1. The summed E-state index contributed by atoms with van der Waals surface area (Å²) in [5.41, 5.74) is 8.07. The van der Waals surface area contributed by atoms with E-state index in [1.54, 1.807) is 0 Å². The molecule has 0 unspecified atom stereocenters. The molecule has 0 amide bonds. The van der Waals surface area contributed by atoms with E-state index >= 15 is 0 Å². The Morgan fingerprint density at radius 2 is 0.438 bits per heavy atom. The number of aromatic nitrogens is 8. The zero-order valence-electron chi connectivity index (χ0n) is 55.9. The Balaban J connectivity index is 0.000000104. The summed E-state index contributed by atoms with van der Waals surface area (Å²) in [5, 5.41) is 56.5. The molecule has 0 radical (unpaired) electrons. The van der Waals surface area contributed by atoms with E-state index in [-0.39, 0.29) is 14.5 Å². The van der Waals surface area contributed by atoms with Crippen LogP contribution in [0.5, 0.6) is 0 Å². The minimum Gasteiger partial charge on any atom is -0.416 e. The smallest absolute Gasteiger partial charge is 0.264 e. The van der Waals surface area contributed by atoms with Gasteiger partial charge in [0.05, 0.1) is 0 Å². The molecule has 0 aliphatic heterocycles. The fourth-order valence-electron chi connectivity index (χ4n) is 15.7. The molecule has 494 valence electrons. The number of rotatable bonds is 8. The van der Waals surface area contributed by atoms with Gasteiger partial charge in [-0.25, -0.2) is 0 Å². The molecular formula is C90H56N8O2P4Se. The number of hydrogen-bond donors (Lipinski definition) is 0. The third-order valence-corrected chi connectivity index (χ3v) is 31.8. The number of fused-ring (bicyclic) bond motifs is 18. The predicted octanol–water partition coefficient (Wildman–Crippen LogP) is 26.3. The van der Waals surface area contributed by atoms with Crippen molar-refractivity contribution in [3.63, 3.8) is 0 Å². The molecule has 0 bridgehead atoms. The average molecular weight is 1480 g/mol. The van der Waals surface area contributed by atoms with Gasteiger partial charge in [-0.1, -0.05) is 185 Å². The van der Waals surface area contributed by atoms with Gasteiger partial charge in [0, 0.05) is 52.1 Å². The Bertz CT molecular complexity index is 6320. The summed E-state index contributed by atoms with van der Waals surface area (Å²) in [5.74, 6) is 1.07. The number of hydrogen-bond acceptors (Lipinski definition) is 8. The first-order valence-electron chi connectivity index (χ1n) is 34.8. The van der Waals surface area contributed by atoms with Gasteiger partial charge in [0.15, 0.2) is 0 Å². The molecule has 105 heavy (non-hydrogen) atoms. The van der Waals surface area contributed by atoms with E-state index in [1.165, 1.54) is 138 Å². The molecule has 0 N–H and O–H groups in total. The molecule has 0 spiro atoms. The molecule has 0 atom stereocenters. The monoisotopic (exact) mass is 1480 g/mol. The quantitative estimate of drug-likeness (QED) is 0.138. The van der Waals surface area contributed by atoms with Crippen LogP contribution in [0.3, 0.4) is 0 Å². The first-order chi connectivity index (χ1) is 52.1. The summed E-state index contributed by atoms with van der Waals surface area (Å²) in [6, 6.07) is 121. The minimum atomic E-state index is -0.830. The van der Waals surface area contributed by atoms with Gasteiger partial charge in [-0.2, -0.15) is 0 Å². The van der Waals surface area contributed by atoms with E-state index in [0.29, 0.717) is 11.8 Å². The summed E-state index contributed by atoms with van der Waals surface area (Å²) in [4.78, 5) is 0. The van der Waals surface area contributed by atoms with Crippen molar-refractivity contribution in [2.24, 2.45) is 0 Å². The van der Waals surface area contributed by atoms with Crippen molar-refractivity contribution >= 4 is 172 Å². The summed E-state index contributed by atoms with van der Waals surface area (Å²) < 4.78 is 19.3. The molecule has 10 nitrogen and oxygen atoms in total. The van der Waals surface area contributed by atoms with Crippen molar-refractivity contribution in [1.29, 1.82) is 0 Å². The molecule has 9 aromatic heterocycles. The molecule has 0 saturated carbocycles. The van der Waals surface area contributed by atoms with E-state index in [2.05, 4.69) is 369 Å². The SMILES string of the molecule is c1ccc2c(c1)c1ccccc1n2-c1nnc(-n2c3ccccc3c3ccccc32)[se]1.c1ccc2c(c1)c1ccccc1p2-c1ccc(-c2nnc(-c3ccc(-p4c5ccccc5c5ccccc54)cc3)o2)cc1.c1ccc2c(c1)c1ccccc1p2-c1nnc(-p2c3ccccc3c3ccccc32)o1. The maximum atomic E-state index is 6.51. The second-order valence-corrected chi connectivity index (χ2v) is 36.3. The molecule has 0 aliphatic carbocycles. The van der Waals surface area contributed by atoms with Gasteiger partial charge in [0.1, 0.15) is 0 Å². The normalized spacial score (nSPS) is 11.8. The summed E-state index contributed by atoms with van der Waals surface area (Å²) in [7, 11) is -2.84. The minimum absolute atomic E-state index is 0.0326. The van der Waals surface area contributed by atoms with Gasteiger partial charge in [-0.3, -0.25) is 0 Å². The Morgan fingerprint density at radius 1 is 0.210 bits per heavy atom. The summed E-state index contributed by atoms with van der Waals surface area (Å²) in [6.45, 7) is 0. The Kier molecular flexibility index (Phi) is 15.0. The topological polar surface area (TPSA) is 113 Å². The number of para-hydroxylation sites is 4. The summed E-state index contributed by atoms with van der Waals surface area (Å²) in [6.07, 6.45) is 0. The standard InChI is InChI=1S/C38H24N2OP2.C26H16N4Se.C26H16N2OP2/c1-5-13-33-29(9-1)30-10-2-6-14-34(30)42(33)27-21-17-25(18-22-27)37-39-40-38(41-37)26-19-23-28(24-20-26)43-35-15-7-3-11-31(35)32-12-4-8-16-36(32)43;1-5-13-21-17(9-1)18-10-2-6-14-22(18)29(21)25-27-28-26(31-25)30-23-15-7-3-11-19(23)20-12-4-8-16-24(20)30;1-5-13-21-17(9-1)18-10-2-6-14-22(18)30(21)25-27-28-26(29-25)31-23-15-7-3-11-19(23)20-12-4-8-16-24(20)31/h1-24H;2*1-16H. The van der Waals surface area contributed by atoms with Crippen molar-refractivity contribution in [2.75, 3.05) is 0 Å². The van der Waals surface area contributed by atoms with E-state index < -0.39 is 30.1 Å². The molecule has 9 heterocycles. The average Bonchev–Trinajstić information content (AvgIpc) is 1.59. The van der Waals surface area contributed by atoms with Gasteiger partial charge in [0.25, 0.3) is 11.3 Å². The molecular weight excluding hydrogens is 1430 g/mol. The number of benzene rings is 14. The Morgan fingerprint density at radius 3 is 0.705 bits per heavy atom. The van der Waals surface area contributed by atoms with E-state index in [9.17, 15) is 0 Å². The molecule has 15 heteroatoms. The maximum absolute atomic E-state index is 6.51. The third kappa shape index (κ3) is 10.2. The number of nitrogens with zero attached hydrogens (tertiary/aromatic N) is 8. The van der Waals surface area contributed by atoms with Crippen LogP contribution in [0.25, 0.3) is 182 Å². The summed E-state index contributed by atoms with van der Waals surface area (Å²) >= 11 is -0.0326. The van der Waals surface area contributed by atoms with Gasteiger partial charge >= 0.3 is 184 Å². The third-order valence-electron chi connectivity index (χ3n) is 20.2. The largest absolute Gasteiger partial charge is 0.416 e. The molecule has 14 aromatic carbocycles. The van der Waals surface area contributed by atoms with Crippen LogP contribution in [-0.2, 0) is 0 Å². The van der Waals surface area contributed by atoms with Crippen molar-refractivity contribution in [3.05, 3.63) is 340 Å². The van der Waals surface area contributed by atoms with Crippen molar-refractivity contribution in [2.45, 2.75) is 0 Å². The fraction of sp³-hybridized carbons (Fsp3) is 0. The van der Waals surface area contributed by atoms with E-state index in [1.807, 2.05) is 0 Å². The van der Waals surface area contributed by atoms with Crippen molar-refractivity contribution < 1.29 is 8.83 Å². The molecule has 23 aromatic rings. The van der Waals surface area contributed by atoms with Crippen LogP contribution < -0.4 is 0 Å². The molecule has 0 saturated heterocycles. The van der Waals surface area contributed by atoms with Gasteiger partial charge in [0.2, 0.25) is 11.8 Å². The van der Waals surface area contributed by atoms with Crippen LogP contribution in [0.1, 0.15) is 0 Å². The fourth-order valence-corrected chi connectivity index (χ4v) is 27.5. The van der Waals surface area contributed by atoms with Crippen LogP contribution in [0.4, 0.5) is 0 Å². The Hall–Kier alpha value is -12.0.